The highest BCUT2D eigenvalue weighted by molar-refractivity contribution is 7.84. The minimum absolute atomic E-state index is 0.0116. The Bertz CT molecular complexity index is 693. The lowest BCUT2D eigenvalue weighted by atomic mass is 10.0. The highest BCUT2D eigenvalue weighted by Crippen LogP contribution is 2.36. The number of carbonyl (C=O) groups excluding carboxylic acids is 4. The molecule has 0 aliphatic carbocycles. The average molecular weight is 572 g/mol. The van der Waals surface area contributed by atoms with Crippen LogP contribution in [0, 0.1) is 0 Å². The predicted octanol–water partition coefficient (Wildman–Crippen LogP) is 7.03. The summed E-state index contributed by atoms with van der Waals surface area (Å²) >= 11 is 0. The van der Waals surface area contributed by atoms with Crippen LogP contribution in [0.3, 0.4) is 0 Å². The summed E-state index contributed by atoms with van der Waals surface area (Å²) in [7, 11) is 3.40. The van der Waals surface area contributed by atoms with Crippen LogP contribution in [0.25, 0.3) is 0 Å². The van der Waals surface area contributed by atoms with Crippen LogP contribution in [0.5, 0.6) is 0 Å². The maximum atomic E-state index is 12.6. The molecule has 0 aromatic rings. The zero-order valence-electron chi connectivity index (χ0n) is 25.9. The monoisotopic (exact) mass is 571 g/mol. The maximum absolute atomic E-state index is 12.6. The summed E-state index contributed by atoms with van der Waals surface area (Å²) < 4.78 is 0.562. The zero-order chi connectivity index (χ0) is 29.5. The zero-order valence-corrected chi connectivity index (χ0v) is 26.8. The molecule has 0 saturated heterocycles. The Labute approximate surface area is 240 Å². The fourth-order valence-corrected chi connectivity index (χ4v) is 5.53. The summed E-state index contributed by atoms with van der Waals surface area (Å²) in [5.74, 6) is -0.233. The number of hydrogen-bond donors (Lipinski definition) is 2. The van der Waals surface area contributed by atoms with Gasteiger partial charge in [0.25, 0.3) is 0 Å². The van der Waals surface area contributed by atoms with Gasteiger partial charge in [-0.2, -0.15) is 0 Å². The number of amides is 1. The third-order valence-corrected chi connectivity index (χ3v) is 8.46. The van der Waals surface area contributed by atoms with Crippen LogP contribution >= 0.6 is 8.15 Å². The van der Waals surface area contributed by atoms with Crippen LogP contribution < -0.4 is 5.32 Å². The molecule has 2 unspecified atom stereocenters. The number of nitrogens with zero attached hydrogens (tertiary/aromatic N) is 1. The Morgan fingerprint density at radius 1 is 0.667 bits per heavy atom. The lowest BCUT2D eigenvalue weighted by Gasteiger charge is -2.24. The highest BCUT2D eigenvalue weighted by Gasteiger charge is 2.29. The number of carbonyl (C=O) groups is 4. The lowest BCUT2D eigenvalue weighted by molar-refractivity contribution is -0.869. The van der Waals surface area contributed by atoms with Crippen molar-refractivity contribution in [1.29, 1.82) is 0 Å². The van der Waals surface area contributed by atoms with Crippen LogP contribution in [-0.4, -0.2) is 65.8 Å². The number of nitrogens with one attached hydrogen (secondary N) is 1. The van der Waals surface area contributed by atoms with Gasteiger partial charge in [0, 0.05) is 31.7 Å². The van der Waals surface area contributed by atoms with Crippen molar-refractivity contribution >= 4 is 30.9 Å². The maximum Gasteiger partial charge on any atom is 0.219 e. The van der Waals surface area contributed by atoms with Gasteiger partial charge in [0.2, 0.25) is 5.91 Å². The molecule has 39 heavy (non-hydrogen) atoms. The van der Waals surface area contributed by atoms with Crippen LogP contribution in [0.1, 0.15) is 142 Å². The van der Waals surface area contributed by atoms with E-state index in [-0.39, 0.29) is 37.4 Å². The van der Waals surface area contributed by atoms with Gasteiger partial charge in [-0.05, 0) is 6.42 Å². The first-order chi connectivity index (χ1) is 18.5. The number of unbranched alkanes of at least 4 members (excludes halogenated alkanes) is 14. The van der Waals surface area contributed by atoms with E-state index in [2.05, 4.69) is 12.2 Å². The summed E-state index contributed by atoms with van der Waals surface area (Å²) in [4.78, 5) is 59.6. The molecule has 0 aliphatic rings. The molecule has 0 fully saturated rings. The summed E-state index contributed by atoms with van der Waals surface area (Å²) in [5.41, 5.74) is -1.02. The smallest absolute Gasteiger partial charge is 0.219 e. The highest BCUT2D eigenvalue weighted by atomic mass is 31.1. The van der Waals surface area contributed by atoms with E-state index in [0.717, 1.165) is 19.3 Å². The fourth-order valence-electron chi connectivity index (χ4n) is 4.55. The molecule has 0 aromatic carbocycles. The van der Waals surface area contributed by atoms with E-state index in [4.69, 9.17) is 0 Å². The average Bonchev–Trinajstić information content (AvgIpc) is 2.88. The largest absolute Gasteiger partial charge is 0.360 e. The minimum Gasteiger partial charge on any atom is -0.360 e. The first-order valence-electron chi connectivity index (χ1n) is 15.7. The first kappa shape index (κ1) is 37.8. The molecule has 0 spiro atoms. The Morgan fingerprint density at radius 3 is 1.56 bits per heavy atom. The summed E-state index contributed by atoms with van der Waals surface area (Å²) in [5, 5.41) is 2.74. The summed E-state index contributed by atoms with van der Waals surface area (Å²) in [6, 6.07) is -0.669. The number of ketones is 1. The van der Waals surface area contributed by atoms with Gasteiger partial charge < -0.3 is 14.7 Å². The second-order valence-electron chi connectivity index (χ2n) is 12.1. The van der Waals surface area contributed by atoms with Gasteiger partial charge in [0.05, 0.1) is 34.1 Å². The molecule has 0 aliphatic heterocycles. The van der Waals surface area contributed by atoms with Crippen molar-refractivity contribution in [3.05, 3.63) is 0 Å². The SMILES string of the molecule is CCCCCCCCCCCCCCCCCC(=O)CC(CC(=O)P(O)C(=O)CC[N+](C)(C)C)NC(=O)CC. The van der Waals surface area contributed by atoms with E-state index < -0.39 is 25.2 Å². The van der Waals surface area contributed by atoms with Crippen LogP contribution in [0.4, 0.5) is 0 Å². The number of rotatable bonds is 27. The van der Waals surface area contributed by atoms with E-state index in [1.807, 2.05) is 21.1 Å². The molecule has 0 saturated carbocycles. The molecule has 0 aromatic heterocycles. The van der Waals surface area contributed by atoms with Crippen molar-refractivity contribution in [1.82, 2.24) is 5.32 Å². The Balaban J connectivity index is 4.15. The van der Waals surface area contributed by atoms with Gasteiger partial charge in [-0.3, -0.25) is 19.2 Å². The van der Waals surface area contributed by atoms with Crippen molar-refractivity contribution in [2.75, 3.05) is 27.7 Å². The predicted molar refractivity (Wildman–Crippen MR) is 163 cm³/mol. The molecular formula is C31H60N2O5P+. The van der Waals surface area contributed by atoms with Gasteiger partial charge in [0.15, 0.2) is 19.2 Å². The number of Topliss-reactive ketones (excluding diaryl/α,β-unsaturated/α-hetero) is 1. The summed E-state index contributed by atoms with van der Waals surface area (Å²) in [6.45, 7) is 4.49. The molecule has 8 heteroatoms. The van der Waals surface area contributed by atoms with E-state index in [1.165, 1.54) is 77.0 Å². The Morgan fingerprint density at radius 2 is 1.13 bits per heavy atom. The topological polar surface area (TPSA) is 101 Å². The molecular weight excluding hydrogens is 511 g/mol. The van der Waals surface area contributed by atoms with E-state index in [0.29, 0.717) is 17.4 Å². The third kappa shape index (κ3) is 23.3. The van der Waals surface area contributed by atoms with Crippen molar-refractivity contribution < 1.29 is 28.6 Å². The molecule has 7 nitrogen and oxygen atoms in total. The second kappa shape index (κ2) is 23.5. The molecule has 0 heterocycles. The van der Waals surface area contributed by atoms with Crippen LogP contribution in [0.15, 0.2) is 0 Å². The second-order valence-corrected chi connectivity index (χ2v) is 13.7. The van der Waals surface area contributed by atoms with E-state index in [9.17, 15) is 24.1 Å². The molecule has 0 radical (unpaired) electrons. The number of hydrogen-bond acceptors (Lipinski definition) is 5. The first-order valence-corrected chi connectivity index (χ1v) is 17.0. The molecule has 228 valence electrons. The quantitative estimate of drug-likeness (QED) is 0.0626. The standard InChI is InChI=1S/C31H59N2O5P/c1-6-8-9-10-11-12-13-14-15-16-17-18-19-20-21-22-28(34)25-27(32-29(35)7-2)26-31(37)39(38)30(36)23-24-33(3,4)5/h27,38H,6-26H2,1-5H3/p+1. The van der Waals surface area contributed by atoms with Gasteiger partial charge in [-0.15, -0.1) is 0 Å². The van der Waals surface area contributed by atoms with Gasteiger partial charge >= 0.3 is 0 Å². The van der Waals surface area contributed by atoms with Gasteiger partial charge in [-0.1, -0.05) is 104 Å². The summed E-state index contributed by atoms with van der Waals surface area (Å²) in [6.07, 6.45) is 19.7. The van der Waals surface area contributed by atoms with Crippen molar-refractivity contribution in [2.24, 2.45) is 0 Å². The van der Waals surface area contributed by atoms with Crippen LogP contribution in [0.2, 0.25) is 0 Å². The van der Waals surface area contributed by atoms with Crippen molar-refractivity contribution in [3.8, 4) is 0 Å². The molecule has 1 amide bonds. The van der Waals surface area contributed by atoms with Crippen molar-refractivity contribution in [3.63, 3.8) is 0 Å². The van der Waals surface area contributed by atoms with Crippen LogP contribution in [-0.2, 0) is 19.2 Å². The minimum atomic E-state index is -2.42. The normalized spacial score (nSPS) is 13.2. The van der Waals surface area contributed by atoms with E-state index in [1.54, 1.807) is 6.92 Å². The van der Waals surface area contributed by atoms with Gasteiger partial charge in [0.1, 0.15) is 5.78 Å². The Hall–Kier alpha value is -1.17. The van der Waals surface area contributed by atoms with Gasteiger partial charge in [-0.25, -0.2) is 0 Å². The molecule has 0 rings (SSSR count). The fraction of sp³-hybridized carbons (Fsp3) is 0.871. The molecule has 2 atom stereocenters. The van der Waals surface area contributed by atoms with Crippen molar-refractivity contribution in [2.45, 2.75) is 148 Å². The third-order valence-electron chi connectivity index (χ3n) is 7.11. The number of quaternary nitrogens is 1. The van der Waals surface area contributed by atoms with E-state index >= 15 is 0 Å². The molecule has 2 N–H and O–H groups in total. The Kier molecular flexibility index (Phi) is 22.8. The lowest BCUT2D eigenvalue weighted by Crippen LogP contribution is -2.38. The molecule has 0 bridgehead atoms.